The van der Waals surface area contributed by atoms with E-state index >= 15 is 0 Å². The lowest BCUT2D eigenvalue weighted by molar-refractivity contribution is -0.0233. The molecule has 104 valence electrons. The van der Waals surface area contributed by atoms with Crippen molar-refractivity contribution < 1.29 is 4.74 Å². The minimum absolute atomic E-state index is 0.266. The zero-order chi connectivity index (χ0) is 12.8. The van der Waals surface area contributed by atoms with Crippen LogP contribution >= 0.6 is 12.2 Å². The maximum absolute atomic E-state index is 5.74. The van der Waals surface area contributed by atoms with Crippen LogP contribution in [0, 0.1) is 0 Å². The minimum atomic E-state index is 0.266. The van der Waals surface area contributed by atoms with Gasteiger partial charge in [-0.15, -0.1) is 0 Å². The summed E-state index contributed by atoms with van der Waals surface area (Å²) >= 11 is 5.33. The molecule has 5 heteroatoms. The molecule has 0 aromatic heterocycles. The molecule has 0 aromatic carbocycles. The number of hydrogen-bond acceptors (Lipinski definition) is 3. The van der Waals surface area contributed by atoms with Gasteiger partial charge in [-0.1, -0.05) is 19.8 Å². The first-order chi connectivity index (χ1) is 8.78. The summed E-state index contributed by atoms with van der Waals surface area (Å²) in [6.45, 7) is 7.01. The van der Waals surface area contributed by atoms with E-state index < -0.39 is 0 Å². The summed E-state index contributed by atoms with van der Waals surface area (Å²) in [6.07, 6.45) is 5.44. The zero-order valence-corrected chi connectivity index (χ0v) is 12.1. The van der Waals surface area contributed by atoms with E-state index in [2.05, 4.69) is 22.5 Å². The third-order valence-corrected chi connectivity index (χ3v) is 4.11. The molecular formula is C13H25N3OS. The predicted molar refractivity (Wildman–Crippen MR) is 77.8 cm³/mol. The molecule has 4 nitrogen and oxygen atoms in total. The Morgan fingerprint density at radius 1 is 1.39 bits per heavy atom. The quantitative estimate of drug-likeness (QED) is 0.749. The van der Waals surface area contributed by atoms with Crippen LogP contribution in [0.2, 0.25) is 0 Å². The molecule has 1 unspecified atom stereocenters. The molecule has 2 N–H and O–H groups in total. The highest BCUT2D eigenvalue weighted by Gasteiger charge is 2.20. The van der Waals surface area contributed by atoms with Crippen LogP contribution in [0.25, 0.3) is 0 Å². The molecule has 1 saturated carbocycles. The Bertz CT molecular complexity index is 269. The van der Waals surface area contributed by atoms with Crippen LogP contribution in [0.1, 0.15) is 32.6 Å². The fourth-order valence-corrected chi connectivity index (χ4v) is 2.95. The van der Waals surface area contributed by atoms with Crippen LogP contribution < -0.4 is 10.6 Å². The van der Waals surface area contributed by atoms with Gasteiger partial charge in [-0.3, -0.25) is 4.90 Å². The molecule has 2 aliphatic rings. The topological polar surface area (TPSA) is 36.5 Å². The first kappa shape index (κ1) is 14.0. The third kappa shape index (κ3) is 4.37. The second-order valence-corrected chi connectivity index (χ2v) is 5.63. The van der Waals surface area contributed by atoms with Gasteiger partial charge in [0.05, 0.1) is 12.7 Å². The number of hydrogen-bond donors (Lipinski definition) is 2. The Morgan fingerprint density at radius 3 is 2.89 bits per heavy atom. The van der Waals surface area contributed by atoms with E-state index in [0.29, 0.717) is 6.04 Å². The third-order valence-electron chi connectivity index (χ3n) is 3.85. The molecule has 1 saturated heterocycles. The van der Waals surface area contributed by atoms with Gasteiger partial charge in [-0.2, -0.15) is 0 Å². The van der Waals surface area contributed by atoms with Crippen molar-refractivity contribution in [3.8, 4) is 0 Å². The Kier molecular flexibility index (Phi) is 5.66. The van der Waals surface area contributed by atoms with Crippen molar-refractivity contribution in [2.75, 3.05) is 32.8 Å². The Hall–Kier alpha value is -0.390. The van der Waals surface area contributed by atoms with Gasteiger partial charge in [0.25, 0.3) is 0 Å². The van der Waals surface area contributed by atoms with Gasteiger partial charge in [0.2, 0.25) is 0 Å². The molecule has 0 radical (unpaired) electrons. The molecule has 2 fully saturated rings. The largest absolute Gasteiger partial charge is 0.374 e. The summed E-state index contributed by atoms with van der Waals surface area (Å²) in [7, 11) is 0. The summed E-state index contributed by atoms with van der Waals surface area (Å²) in [4.78, 5) is 2.42. The monoisotopic (exact) mass is 271 g/mol. The van der Waals surface area contributed by atoms with Crippen LogP contribution in [-0.2, 0) is 4.74 Å². The maximum Gasteiger partial charge on any atom is 0.166 e. The normalized spacial score (nSPS) is 26.2. The summed E-state index contributed by atoms with van der Waals surface area (Å²) in [6, 6.07) is 0.587. The first-order valence-electron chi connectivity index (χ1n) is 7.16. The van der Waals surface area contributed by atoms with E-state index in [-0.39, 0.29) is 6.10 Å². The predicted octanol–water partition coefficient (Wildman–Crippen LogP) is 1.11. The highest BCUT2D eigenvalue weighted by atomic mass is 32.1. The van der Waals surface area contributed by atoms with Crippen LogP contribution in [0.3, 0.4) is 0 Å². The summed E-state index contributed by atoms with van der Waals surface area (Å²) in [5.74, 6) is 0. The van der Waals surface area contributed by atoms with Gasteiger partial charge in [0, 0.05) is 25.7 Å². The second-order valence-electron chi connectivity index (χ2n) is 5.22. The molecule has 0 aromatic rings. The van der Waals surface area contributed by atoms with E-state index in [1.165, 1.54) is 25.7 Å². The molecule has 1 aliphatic carbocycles. The van der Waals surface area contributed by atoms with Crippen molar-refractivity contribution >= 4 is 17.3 Å². The zero-order valence-electron chi connectivity index (χ0n) is 11.3. The fraction of sp³-hybridized carbons (Fsp3) is 0.923. The molecule has 1 heterocycles. The number of morpholine rings is 1. The molecule has 2 rings (SSSR count). The van der Waals surface area contributed by atoms with E-state index in [1.807, 2.05) is 0 Å². The van der Waals surface area contributed by atoms with Crippen molar-refractivity contribution in [1.82, 2.24) is 15.5 Å². The molecule has 1 atom stereocenters. The van der Waals surface area contributed by atoms with Gasteiger partial charge >= 0.3 is 0 Å². The molecule has 0 bridgehead atoms. The number of nitrogens with one attached hydrogen (secondary N) is 2. The molecule has 0 amide bonds. The van der Waals surface area contributed by atoms with Gasteiger partial charge in [0.15, 0.2) is 5.11 Å². The van der Waals surface area contributed by atoms with E-state index in [1.54, 1.807) is 0 Å². The van der Waals surface area contributed by atoms with Gasteiger partial charge < -0.3 is 15.4 Å². The maximum atomic E-state index is 5.74. The first-order valence-corrected chi connectivity index (χ1v) is 7.57. The lowest BCUT2D eigenvalue weighted by Crippen LogP contribution is -2.49. The number of nitrogens with zero attached hydrogens (tertiary/aromatic N) is 1. The average Bonchev–Trinajstić information content (AvgIpc) is 2.89. The van der Waals surface area contributed by atoms with Crippen LogP contribution in [0.15, 0.2) is 0 Å². The van der Waals surface area contributed by atoms with Crippen LogP contribution in [0.5, 0.6) is 0 Å². The van der Waals surface area contributed by atoms with Crippen molar-refractivity contribution in [3.05, 3.63) is 0 Å². The summed E-state index contributed by atoms with van der Waals surface area (Å²) < 4.78 is 5.74. The molecule has 18 heavy (non-hydrogen) atoms. The van der Waals surface area contributed by atoms with Gasteiger partial charge in [-0.25, -0.2) is 0 Å². The van der Waals surface area contributed by atoms with E-state index in [0.717, 1.165) is 37.9 Å². The Labute approximate surface area is 115 Å². The number of thiocarbonyl (C=S) groups is 1. The van der Waals surface area contributed by atoms with Crippen LogP contribution in [-0.4, -0.2) is 54.9 Å². The van der Waals surface area contributed by atoms with Crippen molar-refractivity contribution in [2.24, 2.45) is 0 Å². The van der Waals surface area contributed by atoms with Crippen molar-refractivity contribution in [3.63, 3.8) is 0 Å². The minimum Gasteiger partial charge on any atom is -0.374 e. The number of likely N-dealkylation sites (N-methyl/N-ethyl adjacent to an activating group) is 1. The Balaban J connectivity index is 1.62. The van der Waals surface area contributed by atoms with E-state index in [9.17, 15) is 0 Å². The fourth-order valence-electron chi connectivity index (χ4n) is 2.70. The van der Waals surface area contributed by atoms with Gasteiger partial charge in [-0.05, 0) is 31.6 Å². The molecule has 1 aliphatic heterocycles. The second kappa shape index (κ2) is 7.26. The van der Waals surface area contributed by atoms with E-state index in [4.69, 9.17) is 17.0 Å². The van der Waals surface area contributed by atoms with Crippen LogP contribution in [0.4, 0.5) is 0 Å². The lowest BCUT2D eigenvalue weighted by atomic mass is 10.2. The average molecular weight is 271 g/mol. The SMILES string of the molecule is CCN1CCOC(CNC(=S)NC2CCCC2)C1. The van der Waals surface area contributed by atoms with Gasteiger partial charge in [0.1, 0.15) is 0 Å². The molecule has 0 spiro atoms. The number of ether oxygens (including phenoxy) is 1. The Morgan fingerprint density at radius 2 is 2.17 bits per heavy atom. The van der Waals surface area contributed by atoms with Crippen molar-refractivity contribution in [2.45, 2.75) is 44.8 Å². The number of rotatable bonds is 4. The summed E-state index contributed by atoms with van der Waals surface area (Å²) in [5, 5.41) is 7.48. The lowest BCUT2D eigenvalue weighted by Gasteiger charge is -2.32. The smallest absolute Gasteiger partial charge is 0.166 e. The molecular weight excluding hydrogens is 246 g/mol. The van der Waals surface area contributed by atoms with Crippen molar-refractivity contribution in [1.29, 1.82) is 0 Å². The highest BCUT2D eigenvalue weighted by molar-refractivity contribution is 7.80. The standard InChI is InChI=1S/C13H25N3OS/c1-2-16-7-8-17-12(10-16)9-14-13(18)15-11-5-3-4-6-11/h11-12H,2-10H2,1H3,(H2,14,15,18). The highest BCUT2D eigenvalue weighted by Crippen LogP contribution is 2.17. The summed E-state index contributed by atoms with van der Waals surface area (Å²) in [5.41, 5.74) is 0.